The molecule has 1 atom stereocenters. The van der Waals surface area contributed by atoms with Gasteiger partial charge in [-0.15, -0.1) is 0 Å². The molecular weight excluding hydrogens is 312 g/mol. The molecule has 116 valence electrons. The normalized spacial score (nSPS) is 16.5. The highest BCUT2D eigenvalue weighted by molar-refractivity contribution is 7.89. The maximum Gasteiger partial charge on any atom is 0.227 e. The van der Waals surface area contributed by atoms with Crippen LogP contribution in [0.2, 0.25) is 5.02 Å². The molecule has 2 rings (SSSR count). The van der Waals surface area contributed by atoms with E-state index in [1.807, 2.05) is 12.1 Å². The van der Waals surface area contributed by atoms with E-state index in [0.29, 0.717) is 10.9 Å². The van der Waals surface area contributed by atoms with Crippen LogP contribution in [0.25, 0.3) is 0 Å². The Balaban J connectivity index is 1.99. The first-order valence-electron chi connectivity index (χ1n) is 6.87. The molecule has 1 saturated carbocycles. The van der Waals surface area contributed by atoms with E-state index in [1.165, 1.54) is 7.05 Å². The van der Waals surface area contributed by atoms with Gasteiger partial charge in [0.1, 0.15) is 0 Å². The maximum atomic E-state index is 12.3. The van der Waals surface area contributed by atoms with Crippen molar-refractivity contribution in [2.45, 2.75) is 18.8 Å². The Morgan fingerprint density at radius 2 is 1.95 bits per heavy atom. The number of benzene rings is 1. The SMILES string of the molecule is CNS(=O)(=O)CCNC(=O)C(c1ccc(Cl)cc1)C1CC1. The number of hydrogen-bond acceptors (Lipinski definition) is 3. The lowest BCUT2D eigenvalue weighted by molar-refractivity contribution is -0.122. The molecule has 1 unspecified atom stereocenters. The zero-order valence-corrected chi connectivity index (χ0v) is 13.4. The molecule has 0 bridgehead atoms. The summed E-state index contributed by atoms with van der Waals surface area (Å²) in [6.07, 6.45) is 2.05. The highest BCUT2D eigenvalue weighted by atomic mass is 35.5. The lowest BCUT2D eigenvalue weighted by Gasteiger charge is -2.16. The van der Waals surface area contributed by atoms with E-state index in [-0.39, 0.29) is 24.1 Å². The molecule has 0 aromatic heterocycles. The second kappa shape index (κ2) is 6.77. The molecule has 21 heavy (non-hydrogen) atoms. The van der Waals surface area contributed by atoms with Crippen LogP contribution in [0.5, 0.6) is 0 Å². The predicted molar refractivity (Wildman–Crippen MR) is 82.8 cm³/mol. The van der Waals surface area contributed by atoms with E-state index in [1.54, 1.807) is 12.1 Å². The molecule has 0 spiro atoms. The van der Waals surface area contributed by atoms with Crippen molar-refractivity contribution in [2.24, 2.45) is 5.92 Å². The van der Waals surface area contributed by atoms with Crippen LogP contribution < -0.4 is 10.0 Å². The average Bonchev–Trinajstić information content (AvgIpc) is 3.26. The number of carbonyl (C=O) groups is 1. The summed E-state index contributed by atoms with van der Waals surface area (Å²) < 4.78 is 24.9. The lowest BCUT2D eigenvalue weighted by Crippen LogP contribution is -2.36. The lowest BCUT2D eigenvalue weighted by atomic mass is 9.93. The third-order valence-electron chi connectivity index (χ3n) is 3.59. The van der Waals surface area contributed by atoms with E-state index >= 15 is 0 Å². The van der Waals surface area contributed by atoms with Crippen LogP contribution in [0.15, 0.2) is 24.3 Å². The number of sulfonamides is 1. The van der Waals surface area contributed by atoms with Gasteiger partial charge in [-0.3, -0.25) is 4.79 Å². The van der Waals surface area contributed by atoms with Crippen molar-refractivity contribution in [3.63, 3.8) is 0 Å². The number of carbonyl (C=O) groups excluding carboxylic acids is 1. The van der Waals surface area contributed by atoms with Crippen LogP contribution in [-0.2, 0) is 14.8 Å². The monoisotopic (exact) mass is 330 g/mol. The molecule has 1 aliphatic rings. The van der Waals surface area contributed by atoms with E-state index in [0.717, 1.165) is 18.4 Å². The van der Waals surface area contributed by atoms with Gasteiger partial charge in [-0.2, -0.15) is 0 Å². The minimum absolute atomic E-state index is 0.110. The average molecular weight is 331 g/mol. The van der Waals surface area contributed by atoms with Crippen molar-refractivity contribution in [3.8, 4) is 0 Å². The van der Waals surface area contributed by atoms with Gasteiger partial charge >= 0.3 is 0 Å². The topological polar surface area (TPSA) is 75.3 Å². The quantitative estimate of drug-likeness (QED) is 0.795. The van der Waals surface area contributed by atoms with E-state index in [2.05, 4.69) is 10.0 Å². The Labute approximate surface area is 130 Å². The molecular formula is C14H19ClN2O3S. The minimum Gasteiger partial charge on any atom is -0.354 e. The number of hydrogen-bond donors (Lipinski definition) is 2. The van der Waals surface area contributed by atoms with Gasteiger partial charge in [0.25, 0.3) is 0 Å². The maximum absolute atomic E-state index is 12.3. The Morgan fingerprint density at radius 3 is 2.48 bits per heavy atom. The predicted octanol–water partition coefficient (Wildman–Crippen LogP) is 1.50. The third kappa shape index (κ3) is 4.69. The van der Waals surface area contributed by atoms with Crippen molar-refractivity contribution < 1.29 is 13.2 Å². The standard InChI is InChI=1S/C14H19ClN2O3S/c1-16-21(19,20)9-8-17-14(18)13(10-2-3-10)11-4-6-12(15)7-5-11/h4-7,10,13,16H,2-3,8-9H2,1H3,(H,17,18). The summed E-state index contributed by atoms with van der Waals surface area (Å²) in [5.41, 5.74) is 0.927. The van der Waals surface area contributed by atoms with Gasteiger partial charge in [0, 0.05) is 11.6 Å². The van der Waals surface area contributed by atoms with Crippen molar-refractivity contribution in [2.75, 3.05) is 19.3 Å². The Hall–Kier alpha value is -1.11. The zero-order chi connectivity index (χ0) is 15.5. The summed E-state index contributed by atoms with van der Waals surface area (Å²) in [7, 11) is -1.94. The van der Waals surface area contributed by atoms with Gasteiger partial charge in [0.2, 0.25) is 15.9 Å². The van der Waals surface area contributed by atoms with Crippen LogP contribution in [0.3, 0.4) is 0 Å². The molecule has 0 aliphatic heterocycles. The van der Waals surface area contributed by atoms with Gasteiger partial charge in [-0.1, -0.05) is 23.7 Å². The molecule has 1 aliphatic carbocycles. The molecule has 0 saturated heterocycles. The Bertz CT molecular complexity index is 597. The molecule has 0 radical (unpaired) electrons. The second-order valence-electron chi connectivity index (χ2n) is 5.18. The van der Waals surface area contributed by atoms with Crippen LogP contribution >= 0.6 is 11.6 Å². The summed E-state index contributed by atoms with van der Waals surface area (Å²) in [5.74, 6) is -0.120. The summed E-state index contributed by atoms with van der Waals surface area (Å²) in [4.78, 5) is 12.3. The number of halogens is 1. The molecule has 0 heterocycles. The summed E-state index contributed by atoms with van der Waals surface area (Å²) in [5, 5.41) is 3.35. The third-order valence-corrected chi connectivity index (χ3v) is 5.20. The minimum atomic E-state index is -3.30. The van der Waals surface area contributed by atoms with E-state index in [9.17, 15) is 13.2 Å². The fourth-order valence-electron chi connectivity index (χ4n) is 2.26. The van der Waals surface area contributed by atoms with E-state index < -0.39 is 10.0 Å². The van der Waals surface area contributed by atoms with Crippen LogP contribution in [0.4, 0.5) is 0 Å². The van der Waals surface area contributed by atoms with Crippen molar-refractivity contribution in [1.82, 2.24) is 10.0 Å². The van der Waals surface area contributed by atoms with Crippen molar-refractivity contribution >= 4 is 27.5 Å². The molecule has 2 N–H and O–H groups in total. The highest BCUT2D eigenvalue weighted by Crippen LogP contribution is 2.42. The molecule has 5 nitrogen and oxygen atoms in total. The van der Waals surface area contributed by atoms with Gasteiger partial charge in [0.15, 0.2) is 0 Å². The van der Waals surface area contributed by atoms with E-state index in [4.69, 9.17) is 11.6 Å². The molecule has 1 amide bonds. The zero-order valence-electron chi connectivity index (χ0n) is 11.8. The van der Waals surface area contributed by atoms with Gasteiger partial charge in [0.05, 0.1) is 11.7 Å². The summed E-state index contributed by atoms with van der Waals surface area (Å²) in [6, 6.07) is 7.25. The Morgan fingerprint density at radius 1 is 1.33 bits per heavy atom. The van der Waals surface area contributed by atoms with Gasteiger partial charge in [-0.25, -0.2) is 13.1 Å². The number of amides is 1. The van der Waals surface area contributed by atoms with Crippen LogP contribution in [0, 0.1) is 5.92 Å². The van der Waals surface area contributed by atoms with Crippen molar-refractivity contribution in [3.05, 3.63) is 34.9 Å². The first-order valence-corrected chi connectivity index (χ1v) is 8.90. The second-order valence-corrected chi connectivity index (χ2v) is 7.66. The van der Waals surface area contributed by atoms with Gasteiger partial charge in [-0.05, 0) is 43.5 Å². The highest BCUT2D eigenvalue weighted by Gasteiger charge is 2.37. The summed E-state index contributed by atoms with van der Waals surface area (Å²) in [6.45, 7) is 0.110. The number of rotatable bonds is 7. The van der Waals surface area contributed by atoms with Crippen molar-refractivity contribution in [1.29, 1.82) is 0 Å². The first kappa shape index (κ1) is 16.3. The fraction of sp³-hybridized carbons (Fsp3) is 0.500. The van der Waals surface area contributed by atoms with Gasteiger partial charge < -0.3 is 5.32 Å². The Kier molecular flexibility index (Phi) is 5.24. The molecule has 1 aromatic rings. The molecule has 1 fully saturated rings. The molecule has 7 heteroatoms. The smallest absolute Gasteiger partial charge is 0.227 e. The molecule has 1 aromatic carbocycles. The number of nitrogens with one attached hydrogen (secondary N) is 2. The largest absolute Gasteiger partial charge is 0.354 e. The first-order chi connectivity index (χ1) is 9.93. The van der Waals surface area contributed by atoms with Crippen LogP contribution in [-0.4, -0.2) is 33.7 Å². The fourth-order valence-corrected chi connectivity index (χ4v) is 2.96. The summed E-state index contributed by atoms with van der Waals surface area (Å²) >= 11 is 5.87. The van der Waals surface area contributed by atoms with Crippen LogP contribution in [0.1, 0.15) is 24.3 Å².